The van der Waals surface area contributed by atoms with Gasteiger partial charge < -0.3 is 14.6 Å². The SMILES string of the molecule is Cc1cc(C(=O)COC(=O)C[C@@H]2Sc3ccccc3NC2=O)c(C)n1-c1cccc(C(F)(F)F)c1. The number of fused-ring (bicyclic) bond motifs is 1. The zero-order valence-corrected chi connectivity index (χ0v) is 19.6. The van der Waals surface area contributed by atoms with Gasteiger partial charge in [-0.15, -0.1) is 11.8 Å². The molecule has 6 nitrogen and oxygen atoms in total. The average molecular weight is 503 g/mol. The minimum atomic E-state index is -4.49. The molecule has 1 atom stereocenters. The van der Waals surface area contributed by atoms with E-state index in [-0.39, 0.29) is 23.6 Å². The molecule has 0 saturated carbocycles. The summed E-state index contributed by atoms with van der Waals surface area (Å²) in [5, 5.41) is 2.06. The number of hydrogen-bond acceptors (Lipinski definition) is 5. The number of nitrogens with zero attached hydrogens (tertiary/aromatic N) is 1. The van der Waals surface area contributed by atoms with Crippen LogP contribution >= 0.6 is 11.8 Å². The number of nitrogens with one attached hydrogen (secondary N) is 1. The van der Waals surface area contributed by atoms with E-state index in [9.17, 15) is 27.6 Å². The quantitative estimate of drug-likeness (QED) is 0.364. The van der Waals surface area contributed by atoms with Crippen LogP contribution in [0, 0.1) is 13.8 Å². The largest absolute Gasteiger partial charge is 0.457 e. The first kappa shape index (κ1) is 24.6. The van der Waals surface area contributed by atoms with Crippen molar-refractivity contribution in [3.05, 3.63) is 77.1 Å². The highest BCUT2D eigenvalue weighted by molar-refractivity contribution is 8.01. The zero-order chi connectivity index (χ0) is 25.3. The van der Waals surface area contributed by atoms with Crippen molar-refractivity contribution in [3.63, 3.8) is 0 Å². The molecule has 182 valence electrons. The minimum Gasteiger partial charge on any atom is -0.457 e. The fourth-order valence-electron chi connectivity index (χ4n) is 3.92. The fraction of sp³-hybridized carbons (Fsp3) is 0.240. The number of anilines is 1. The van der Waals surface area contributed by atoms with Gasteiger partial charge >= 0.3 is 12.1 Å². The number of esters is 1. The maximum atomic E-state index is 13.1. The fourth-order valence-corrected chi connectivity index (χ4v) is 5.02. The molecule has 1 aliphatic heterocycles. The number of aromatic nitrogens is 1. The van der Waals surface area contributed by atoms with Gasteiger partial charge in [-0.1, -0.05) is 18.2 Å². The van der Waals surface area contributed by atoms with Crippen LogP contribution in [-0.4, -0.2) is 34.1 Å². The molecule has 0 spiro atoms. The second-order valence-corrected chi connectivity index (χ2v) is 9.29. The molecule has 2 aromatic carbocycles. The standard InChI is InChI=1S/C25H21F3N2O4S/c1-14-10-18(15(2)30(14)17-7-5-6-16(11-17)25(26,27)28)20(31)13-34-23(32)12-22-24(33)29-19-8-3-4-9-21(19)35-22/h3-11,22H,12-13H2,1-2H3,(H,29,33)/t22-/m0/s1. The normalized spacial score (nSPS) is 15.3. The van der Waals surface area contributed by atoms with Crippen molar-refractivity contribution in [2.75, 3.05) is 11.9 Å². The molecule has 2 heterocycles. The molecule has 1 aromatic heterocycles. The summed E-state index contributed by atoms with van der Waals surface area (Å²) in [5.74, 6) is -1.51. The van der Waals surface area contributed by atoms with E-state index in [1.165, 1.54) is 23.9 Å². The van der Waals surface area contributed by atoms with E-state index < -0.39 is 35.3 Å². The van der Waals surface area contributed by atoms with Crippen molar-refractivity contribution in [2.45, 2.75) is 36.6 Å². The Kier molecular flexibility index (Phi) is 6.75. The Morgan fingerprint density at radius 2 is 1.83 bits per heavy atom. The molecule has 0 aliphatic carbocycles. The predicted octanol–water partition coefficient (Wildman–Crippen LogP) is 5.34. The van der Waals surface area contributed by atoms with Crippen LogP contribution in [0.5, 0.6) is 0 Å². The molecule has 0 saturated heterocycles. The van der Waals surface area contributed by atoms with E-state index >= 15 is 0 Å². The van der Waals surface area contributed by atoms with Crippen molar-refractivity contribution < 1.29 is 32.3 Å². The first-order chi connectivity index (χ1) is 16.5. The monoisotopic (exact) mass is 502 g/mol. The van der Waals surface area contributed by atoms with Gasteiger partial charge in [0.1, 0.15) is 0 Å². The first-order valence-corrected chi connectivity index (χ1v) is 11.5. The summed E-state index contributed by atoms with van der Waals surface area (Å²) in [7, 11) is 0. The Labute approximate surface area is 203 Å². The summed E-state index contributed by atoms with van der Waals surface area (Å²) in [5.41, 5.74) is 1.39. The predicted molar refractivity (Wildman–Crippen MR) is 125 cm³/mol. The van der Waals surface area contributed by atoms with Crippen LogP contribution < -0.4 is 5.32 Å². The minimum absolute atomic E-state index is 0.207. The molecule has 35 heavy (non-hydrogen) atoms. The van der Waals surface area contributed by atoms with Crippen LogP contribution in [0.15, 0.2) is 59.5 Å². The number of hydrogen-bond donors (Lipinski definition) is 1. The third-order valence-corrected chi connectivity index (χ3v) is 6.86. The molecule has 1 N–H and O–H groups in total. The lowest BCUT2D eigenvalue weighted by molar-refractivity contribution is -0.143. The van der Waals surface area contributed by atoms with Crippen LogP contribution in [0.1, 0.15) is 33.7 Å². The van der Waals surface area contributed by atoms with Crippen molar-refractivity contribution >= 4 is 35.1 Å². The molecule has 1 amide bonds. The van der Waals surface area contributed by atoms with Crippen LogP contribution in [0.25, 0.3) is 5.69 Å². The highest BCUT2D eigenvalue weighted by atomic mass is 32.2. The molecule has 3 aromatic rings. The van der Waals surface area contributed by atoms with Gasteiger partial charge in [-0.2, -0.15) is 13.2 Å². The highest BCUT2D eigenvalue weighted by Crippen LogP contribution is 2.36. The van der Waals surface area contributed by atoms with Crippen molar-refractivity contribution in [1.82, 2.24) is 4.57 Å². The van der Waals surface area contributed by atoms with E-state index in [2.05, 4.69) is 5.32 Å². The van der Waals surface area contributed by atoms with E-state index in [0.29, 0.717) is 17.1 Å². The summed E-state index contributed by atoms with van der Waals surface area (Å²) in [4.78, 5) is 38.2. The number of ether oxygens (including phenoxy) is 1. The molecule has 0 fully saturated rings. The Bertz CT molecular complexity index is 1320. The molecule has 4 rings (SSSR count). The lowest BCUT2D eigenvalue weighted by atomic mass is 10.1. The number of benzene rings is 2. The van der Waals surface area contributed by atoms with Crippen molar-refractivity contribution in [3.8, 4) is 5.69 Å². The molecule has 10 heteroatoms. The zero-order valence-electron chi connectivity index (χ0n) is 18.8. The number of aryl methyl sites for hydroxylation is 1. The number of carbonyl (C=O) groups excluding carboxylic acids is 3. The van der Waals surface area contributed by atoms with E-state index in [1.807, 2.05) is 12.1 Å². The number of rotatable bonds is 6. The molecular weight excluding hydrogens is 481 g/mol. The highest BCUT2D eigenvalue weighted by Gasteiger charge is 2.31. The average Bonchev–Trinajstić information content (AvgIpc) is 3.11. The maximum absolute atomic E-state index is 13.1. The number of Topliss-reactive ketones (excluding diaryl/α,β-unsaturated/α-hetero) is 1. The smallest absolute Gasteiger partial charge is 0.416 e. The summed E-state index contributed by atoms with van der Waals surface area (Å²) < 4.78 is 46.0. The molecule has 0 bridgehead atoms. The topological polar surface area (TPSA) is 77.4 Å². The molecule has 0 unspecified atom stereocenters. The summed E-state index contributed by atoms with van der Waals surface area (Å²) in [6, 6.07) is 13.6. The number of para-hydroxylation sites is 1. The van der Waals surface area contributed by atoms with Gasteiger partial charge in [-0.05, 0) is 50.2 Å². The maximum Gasteiger partial charge on any atom is 0.416 e. The number of carbonyl (C=O) groups is 3. The number of alkyl halides is 3. The molecule has 0 radical (unpaired) electrons. The Morgan fingerprint density at radius 1 is 1.09 bits per heavy atom. The third-order valence-electron chi connectivity index (χ3n) is 5.59. The Morgan fingerprint density at radius 3 is 2.57 bits per heavy atom. The van der Waals surface area contributed by atoms with E-state index in [1.54, 1.807) is 36.6 Å². The lowest BCUT2D eigenvalue weighted by Crippen LogP contribution is -2.31. The van der Waals surface area contributed by atoms with Gasteiger partial charge in [0, 0.05) is 27.5 Å². The number of ketones is 1. The van der Waals surface area contributed by atoms with Crippen LogP contribution in [0.2, 0.25) is 0 Å². The van der Waals surface area contributed by atoms with Gasteiger partial charge in [0.2, 0.25) is 11.7 Å². The van der Waals surface area contributed by atoms with E-state index in [0.717, 1.165) is 17.0 Å². The van der Waals surface area contributed by atoms with Gasteiger partial charge in [0.25, 0.3) is 0 Å². The summed E-state index contributed by atoms with van der Waals surface area (Å²) in [6.45, 7) is 2.75. The van der Waals surface area contributed by atoms with Gasteiger partial charge in [0.15, 0.2) is 6.61 Å². The summed E-state index contributed by atoms with van der Waals surface area (Å²) >= 11 is 1.25. The lowest BCUT2D eigenvalue weighted by Gasteiger charge is -2.23. The third kappa shape index (κ3) is 5.27. The Balaban J connectivity index is 1.42. The molecular formula is C25H21F3N2O4S. The molecule has 1 aliphatic rings. The first-order valence-electron chi connectivity index (χ1n) is 10.7. The van der Waals surface area contributed by atoms with Crippen LogP contribution in [0.4, 0.5) is 18.9 Å². The van der Waals surface area contributed by atoms with Gasteiger partial charge in [-0.3, -0.25) is 14.4 Å². The van der Waals surface area contributed by atoms with E-state index in [4.69, 9.17) is 4.74 Å². The van der Waals surface area contributed by atoms with Crippen LogP contribution in [-0.2, 0) is 20.5 Å². The summed E-state index contributed by atoms with van der Waals surface area (Å²) in [6.07, 6.45) is -4.70. The number of halogens is 3. The van der Waals surface area contributed by atoms with Gasteiger partial charge in [-0.25, -0.2) is 0 Å². The van der Waals surface area contributed by atoms with Crippen molar-refractivity contribution in [2.24, 2.45) is 0 Å². The number of amides is 1. The Hall–Kier alpha value is -3.53. The second kappa shape index (κ2) is 9.61. The van der Waals surface area contributed by atoms with Crippen LogP contribution in [0.3, 0.4) is 0 Å². The second-order valence-electron chi connectivity index (χ2n) is 8.05. The number of thioether (sulfide) groups is 1. The van der Waals surface area contributed by atoms with Gasteiger partial charge in [0.05, 0.1) is 22.9 Å². The van der Waals surface area contributed by atoms with Crippen molar-refractivity contribution in [1.29, 1.82) is 0 Å².